The summed E-state index contributed by atoms with van der Waals surface area (Å²) in [5.41, 5.74) is 0.930. The lowest BCUT2D eigenvalue weighted by Crippen LogP contribution is -2.29. The summed E-state index contributed by atoms with van der Waals surface area (Å²) in [6, 6.07) is 9.38. The molecule has 1 aromatic carbocycles. The smallest absolute Gasteiger partial charge is 0.410 e. The molecule has 0 aliphatic carbocycles. The van der Waals surface area contributed by atoms with Gasteiger partial charge in [0.25, 0.3) is 5.82 Å². The highest BCUT2D eigenvalue weighted by Gasteiger charge is 2.29. The van der Waals surface area contributed by atoms with Gasteiger partial charge in [-0.1, -0.05) is 30.3 Å². The molecule has 120 valence electrons. The van der Waals surface area contributed by atoms with Crippen molar-refractivity contribution < 1.29 is 19.4 Å². The van der Waals surface area contributed by atoms with Gasteiger partial charge >= 0.3 is 12.1 Å². The number of ether oxygens (including phenoxy) is 1. The van der Waals surface area contributed by atoms with Crippen LogP contribution in [-0.4, -0.2) is 49.9 Å². The molecule has 1 unspecified atom stereocenters. The van der Waals surface area contributed by atoms with Crippen LogP contribution in [0.5, 0.6) is 0 Å². The van der Waals surface area contributed by atoms with Crippen molar-refractivity contribution in [2.24, 2.45) is 0 Å². The first kappa shape index (κ1) is 15.0. The molecule has 1 fully saturated rings. The average Bonchev–Trinajstić information content (AvgIpc) is 3.22. The Hall–Kier alpha value is -2.90. The van der Waals surface area contributed by atoms with E-state index in [-0.39, 0.29) is 24.6 Å². The zero-order chi connectivity index (χ0) is 16.2. The first-order valence-corrected chi connectivity index (χ1v) is 7.23. The summed E-state index contributed by atoms with van der Waals surface area (Å²) in [6.07, 6.45) is 1.69. The number of amides is 1. The second kappa shape index (κ2) is 6.47. The predicted octanol–water partition coefficient (Wildman–Crippen LogP) is 1.56. The lowest BCUT2D eigenvalue weighted by Gasteiger charge is -2.16. The molecule has 3 rings (SSSR count). The van der Waals surface area contributed by atoms with Gasteiger partial charge in [-0.25, -0.2) is 19.3 Å². The highest BCUT2D eigenvalue weighted by atomic mass is 16.6. The third-order valence-electron chi connectivity index (χ3n) is 3.70. The van der Waals surface area contributed by atoms with Gasteiger partial charge in [-0.3, -0.25) is 0 Å². The van der Waals surface area contributed by atoms with Crippen molar-refractivity contribution in [1.82, 2.24) is 19.7 Å². The van der Waals surface area contributed by atoms with E-state index in [1.807, 2.05) is 30.3 Å². The molecular weight excluding hydrogens is 300 g/mol. The van der Waals surface area contributed by atoms with Crippen LogP contribution in [0.2, 0.25) is 0 Å². The average molecular weight is 316 g/mol. The van der Waals surface area contributed by atoms with E-state index >= 15 is 0 Å². The summed E-state index contributed by atoms with van der Waals surface area (Å²) in [5, 5.41) is 12.7. The minimum absolute atomic E-state index is 0.0834. The first-order valence-electron chi connectivity index (χ1n) is 7.23. The molecule has 8 heteroatoms. The van der Waals surface area contributed by atoms with Crippen LogP contribution in [0.15, 0.2) is 36.7 Å². The summed E-state index contributed by atoms with van der Waals surface area (Å²) in [4.78, 5) is 28.2. The van der Waals surface area contributed by atoms with E-state index in [0.29, 0.717) is 19.5 Å². The topological polar surface area (TPSA) is 97.6 Å². The van der Waals surface area contributed by atoms with Gasteiger partial charge in [0.1, 0.15) is 12.9 Å². The summed E-state index contributed by atoms with van der Waals surface area (Å²) >= 11 is 0. The van der Waals surface area contributed by atoms with E-state index in [9.17, 15) is 9.59 Å². The van der Waals surface area contributed by atoms with Crippen LogP contribution in [0.1, 0.15) is 28.6 Å². The zero-order valence-electron chi connectivity index (χ0n) is 12.3. The number of hydrogen-bond donors (Lipinski definition) is 1. The van der Waals surface area contributed by atoms with Crippen LogP contribution in [0, 0.1) is 0 Å². The molecule has 0 radical (unpaired) electrons. The van der Waals surface area contributed by atoms with Crippen molar-refractivity contribution in [3.63, 3.8) is 0 Å². The van der Waals surface area contributed by atoms with Crippen molar-refractivity contribution in [2.75, 3.05) is 13.1 Å². The predicted molar refractivity (Wildman–Crippen MR) is 78.8 cm³/mol. The van der Waals surface area contributed by atoms with Gasteiger partial charge in [-0.15, -0.1) is 5.10 Å². The third-order valence-corrected chi connectivity index (χ3v) is 3.70. The fraction of sp³-hybridized carbons (Fsp3) is 0.333. The highest BCUT2D eigenvalue weighted by Crippen LogP contribution is 2.21. The molecule has 2 heterocycles. The molecule has 1 aromatic heterocycles. The molecule has 1 amide bonds. The Morgan fingerprint density at radius 2 is 2.09 bits per heavy atom. The van der Waals surface area contributed by atoms with Gasteiger partial charge in [-0.05, 0) is 12.0 Å². The molecule has 0 spiro atoms. The zero-order valence-corrected chi connectivity index (χ0v) is 12.3. The first-order chi connectivity index (χ1) is 11.1. The normalized spacial score (nSPS) is 17.2. The van der Waals surface area contributed by atoms with Crippen molar-refractivity contribution >= 4 is 12.1 Å². The molecule has 0 saturated carbocycles. The molecule has 1 atom stereocenters. The molecular formula is C15H16N4O4. The Morgan fingerprint density at radius 3 is 2.78 bits per heavy atom. The second-order valence-electron chi connectivity index (χ2n) is 5.28. The lowest BCUT2D eigenvalue weighted by molar-refractivity contribution is 0.0682. The Kier molecular flexibility index (Phi) is 4.22. The van der Waals surface area contributed by atoms with Gasteiger partial charge in [0.2, 0.25) is 0 Å². The maximum atomic E-state index is 12.1. The molecule has 1 aliphatic heterocycles. The number of benzene rings is 1. The van der Waals surface area contributed by atoms with E-state index in [4.69, 9.17) is 9.84 Å². The Bertz CT molecular complexity index is 701. The summed E-state index contributed by atoms with van der Waals surface area (Å²) in [7, 11) is 0. The number of carbonyl (C=O) groups excluding carboxylic acids is 1. The maximum Gasteiger partial charge on any atom is 0.410 e. The summed E-state index contributed by atoms with van der Waals surface area (Å²) in [5.74, 6) is -1.41. The van der Waals surface area contributed by atoms with Crippen molar-refractivity contribution in [2.45, 2.75) is 19.1 Å². The van der Waals surface area contributed by atoms with Gasteiger partial charge in [-0.2, -0.15) is 0 Å². The monoisotopic (exact) mass is 316 g/mol. The number of aromatic carboxylic acids is 1. The fourth-order valence-electron chi connectivity index (χ4n) is 2.48. The molecule has 2 aromatic rings. The van der Waals surface area contributed by atoms with Gasteiger partial charge in [0.15, 0.2) is 0 Å². The van der Waals surface area contributed by atoms with Crippen LogP contribution < -0.4 is 0 Å². The molecule has 23 heavy (non-hydrogen) atoms. The maximum absolute atomic E-state index is 12.1. The number of likely N-dealkylation sites (tertiary alicyclic amines) is 1. The number of carboxylic acid groups (broad SMARTS) is 1. The number of rotatable bonds is 4. The van der Waals surface area contributed by atoms with E-state index in [1.165, 1.54) is 11.0 Å². The SMILES string of the molecule is O=C(O)c1ncn(C2CCN(C(=O)OCc3ccccc3)C2)n1. The number of hydrogen-bond acceptors (Lipinski definition) is 5. The fourth-order valence-corrected chi connectivity index (χ4v) is 2.48. The number of nitrogens with zero attached hydrogens (tertiary/aromatic N) is 4. The van der Waals surface area contributed by atoms with Gasteiger partial charge in [0, 0.05) is 13.1 Å². The van der Waals surface area contributed by atoms with E-state index < -0.39 is 5.97 Å². The van der Waals surface area contributed by atoms with Crippen molar-refractivity contribution in [1.29, 1.82) is 0 Å². The third kappa shape index (κ3) is 3.47. The standard InChI is InChI=1S/C15H16N4O4/c20-14(21)13-16-10-19(17-13)12-6-7-18(8-12)15(22)23-9-11-4-2-1-3-5-11/h1-5,10,12H,6-9H2,(H,20,21). The van der Waals surface area contributed by atoms with Crippen molar-refractivity contribution in [3.05, 3.63) is 48.0 Å². The van der Waals surface area contributed by atoms with Crippen LogP contribution in [0.25, 0.3) is 0 Å². The quantitative estimate of drug-likeness (QED) is 0.919. The van der Waals surface area contributed by atoms with Crippen LogP contribution in [0.3, 0.4) is 0 Å². The van der Waals surface area contributed by atoms with E-state index in [0.717, 1.165) is 5.56 Å². The Balaban J connectivity index is 1.54. The minimum Gasteiger partial charge on any atom is -0.475 e. The Morgan fingerprint density at radius 1 is 1.30 bits per heavy atom. The number of aromatic nitrogens is 3. The highest BCUT2D eigenvalue weighted by molar-refractivity contribution is 5.82. The lowest BCUT2D eigenvalue weighted by atomic mass is 10.2. The summed E-state index contributed by atoms with van der Waals surface area (Å²) < 4.78 is 6.78. The molecule has 1 aliphatic rings. The number of carbonyl (C=O) groups is 2. The van der Waals surface area contributed by atoms with E-state index in [1.54, 1.807) is 4.90 Å². The number of carboxylic acids is 1. The second-order valence-corrected chi connectivity index (χ2v) is 5.28. The van der Waals surface area contributed by atoms with Crippen molar-refractivity contribution in [3.8, 4) is 0 Å². The molecule has 0 bridgehead atoms. The largest absolute Gasteiger partial charge is 0.475 e. The van der Waals surface area contributed by atoms with Crippen LogP contribution in [0.4, 0.5) is 4.79 Å². The molecule has 1 N–H and O–H groups in total. The van der Waals surface area contributed by atoms with Gasteiger partial charge in [0.05, 0.1) is 6.04 Å². The van der Waals surface area contributed by atoms with Crippen LogP contribution >= 0.6 is 0 Å². The summed E-state index contributed by atoms with van der Waals surface area (Å²) in [6.45, 7) is 1.20. The van der Waals surface area contributed by atoms with E-state index in [2.05, 4.69) is 10.1 Å². The minimum atomic E-state index is -1.17. The molecule has 8 nitrogen and oxygen atoms in total. The van der Waals surface area contributed by atoms with Crippen LogP contribution in [-0.2, 0) is 11.3 Å². The Labute approximate surface area is 132 Å². The molecule has 1 saturated heterocycles. The van der Waals surface area contributed by atoms with Gasteiger partial charge < -0.3 is 14.7 Å².